The van der Waals surface area contributed by atoms with E-state index < -0.39 is 49.4 Å². The number of carbonyl (C=O) groups is 2. The molecule has 1 aliphatic heterocycles. The second-order valence-electron chi connectivity index (χ2n) is 12.5. The summed E-state index contributed by atoms with van der Waals surface area (Å²) >= 11 is 0. The molecular weight excluding hydrogens is 597 g/mol. The SMILES string of the molecule is CC/C(=C\c1cc(C)c(O)c(C)c1)CC[C@@H](O)C1=C(COc2ccccc2)C[C@H]2C(=O)N(c3cccc(B(O)O)c3)C(=O)[C@H]2[C@H]1CO. The van der Waals surface area contributed by atoms with Crippen molar-refractivity contribution in [3.8, 4) is 11.5 Å². The first-order valence-electron chi connectivity index (χ1n) is 16.1. The van der Waals surface area contributed by atoms with Crippen molar-refractivity contribution in [1.82, 2.24) is 0 Å². The Morgan fingerprint density at radius 2 is 1.72 bits per heavy atom. The Kier molecular flexibility index (Phi) is 10.7. The largest absolute Gasteiger partial charge is 0.507 e. The van der Waals surface area contributed by atoms with Gasteiger partial charge in [-0.2, -0.15) is 0 Å². The number of aliphatic hydroxyl groups excluding tert-OH is 2. The molecule has 2 aliphatic rings. The van der Waals surface area contributed by atoms with E-state index in [1.54, 1.807) is 12.1 Å². The number of rotatable bonds is 12. The van der Waals surface area contributed by atoms with E-state index in [1.807, 2.05) is 63.2 Å². The maximum absolute atomic E-state index is 14.0. The predicted molar refractivity (Wildman–Crippen MR) is 181 cm³/mol. The summed E-state index contributed by atoms with van der Waals surface area (Å²) in [4.78, 5) is 28.9. The van der Waals surface area contributed by atoms with E-state index in [4.69, 9.17) is 4.74 Å². The summed E-state index contributed by atoms with van der Waals surface area (Å²) in [7, 11) is -1.77. The Hall–Kier alpha value is -4.22. The fourth-order valence-corrected chi connectivity index (χ4v) is 7.00. The summed E-state index contributed by atoms with van der Waals surface area (Å²) in [6.45, 7) is 5.38. The van der Waals surface area contributed by atoms with Crippen molar-refractivity contribution in [2.45, 2.75) is 52.6 Å². The van der Waals surface area contributed by atoms with Gasteiger partial charge in [0.2, 0.25) is 11.8 Å². The van der Waals surface area contributed by atoms with Crippen LogP contribution in [0.3, 0.4) is 0 Å². The number of allylic oxidation sites excluding steroid dienone is 1. The second-order valence-corrected chi connectivity index (χ2v) is 12.5. The molecule has 0 bridgehead atoms. The number of hydrogen-bond donors (Lipinski definition) is 5. The number of benzene rings is 3. The minimum absolute atomic E-state index is 0.0757. The Morgan fingerprint density at radius 3 is 2.36 bits per heavy atom. The summed E-state index contributed by atoms with van der Waals surface area (Å²) in [6.07, 6.45) is 2.85. The number of carbonyl (C=O) groups excluding carboxylic acids is 2. The Balaban J connectivity index is 1.46. The van der Waals surface area contributed by atoms with Gasteiger partial charge in [0, 0.05) is 5.92 Å². The molecule has 3 aromatic rings. The molecule has 1 fully saturated rings. The predicted octanol–water partition coefficient (Wildman–Crippen LogP) is 3.82. The zero-order valence-electron chi connectivity index (χ0n) is 27.0. The van der Waals surface area contributed by atoms with E-state index in [2.05, 4.69) is 6.08 Å². The molecule has 5 N–H and O–H groups in total. The normalized spacial score (nSPS) is 20.4. The molecule has 5 rings (SSSR count). The summed E-state index contributed by atoms with van der Waals surface area (Å²) in [5.74, 6) is -2.54. The quantitative estimate of drug-likeness (QED) is 0.114. The van der Waals surface area contributed by atoms with Crippen LogP contribution in [-0.4, -0.2) is 63.6 Å². The van der Waals surface area contributed by atoms with E-state index in [-0.39, 0.29) is 29.9 Å². The zero-order valence-corrected chi connectivity index (χ0v) is 27.0. The highest BCUT2D eigenvalue weighted by molar-refractivity contribution is 6.58. The number of nitrogens with zero attached hydrogens (tertiary/aromatic N) is 1. The molecule has 47 heavy (non-hydrogen) atoms. The van der Waals surface area contributed by atoms with Gasteiger partial charge in [-0.05, 0) is 109 Å². The van der Waals surface area contributed by atoms with Crippen LogP contribution < -0.4 is 15.1 Å². The van der Waals surface area contributed by atoms with Gasteiger partial charge in [0.15, 0.2) is 0 Å². The Labute approximate surface area is 275 Å². The van der Waals surface area contributed by atoms with E-state index in [0.717, 1.165) is 33.6 Å². The average Bonchev–Trinajstić information content (AvgIpc) is 3.32. The maximum atomic E-state index is 14.0. The highest BCUT2D eigenvalue weighted by atomic mass is 16.5. The van der Waals surface area contributed by atoms with E-state index in [0.29, 0.717) is 29.7 Å². The number of ether oxygens (including phenoxy) is 1. The van der Waals surface area contributed by atoms with Gasteiger partial charge >= 0.3 is 7.12 Å². The minimum Gasteiger partial charge on any atom is -0.507 e. The smallest absolute Gasteiger partial charge is 0.488 e. The molecule has 9 nitrogen and oxygen atoms in total. The standard InChI is InChI=1S/C37H42BNO8/c1-4-24(17-25-15-22(2)35(42)23(3)16-25)13-14-32(41)33-26(21-47-29-11-6-5-7-12-29)18-30-34(31(33)20-40)37(44)39(36(30)43)28-10-8-9-27(19-28)38(45)46/h5-12,15-17,19,30-32,34,40-42,45-46H,4,13-14,18,20-21H2,1-3H3/b24-17+/t30-,31+,32-,34-/m1/s1. The fourth-order valence-electron chi connectivity index (χ4n) is 7.00. The van der Waals surface area contributed by atoms with Gasteiger partial charge in [0.05, 0.1) is 30.2 Å². The molecule has 4 atom stereocenters. The average molecular weight is 640 g/mol. The number of anilines is 1. The lowest BCUT2D eigenvalue weighted by molar-refractivity contribution is -0.123. The zero-order chi connectivity index (χ0) is 33.8. The molecule has 246 valence electrons. The first-order valence-corrected chi connectivity index (χ1v) is 16.1. The number of imide groups is 1. The summed E-state index contributed by atoms with van der Waals surface area (Å²) in [5, 5.41) is 52.1. The number of aromatic hydroxyl groups is 1. The van der Waals surface area contributed by atoms with Crippen LogP contribution in [-0.2, 0) is 9.59 Å². The van der Waals surface area contributed by atoms with Gasteiger partial charge in [-0.3, -0.25) is 14.5 Å². The summed E-state index contributed by atoms with van der Waals surface area (Å²) in [6, 6.07) is 19.0. The van der Waals surface area contributed by atoms with Gasteiger partial charge in [0.25, 0.3) is 0 Å². The Bertz CT molecular complexity index is 1660. The molecule has 1 saturated heterocycles. The lowest BCUT2D eigenvalue weighted by atomic mass is 9.68. The van der Waals surface area contributed by atoms with Crippen LogP contribution in [0.25, 0.3) is 6.08 Å². The monoisotopic (exact) mass is 639 g/mol. The Morgan fingerprint density at radius 1 is 1.02 bits per heavy atom. The van der Waals surface area contributed by atoms with Crippen LogP contribution in [0.4, 0.5) is 5.69 Å². The van der Waals surface area contributed by atoms with Crippen molar-refractivity contribution in [3.63, 3.8) is 0 Å². The number of aryl methyl sites for hydroxylation is 2. The molecule has 10 heteroatoms. The topological polar surface area (TPSA) is 148 Å². The molecule has 1 aliphatic carbocycles. The van der Waals surface area contributed by atoms with Crippen LogP contribution in [0, 0.1) is 31.6 Å². The molecule has 3 aromatic carbocycles. The van der Waals surface area contributed by atoms with Gasteiger partial charge in [-0.15, -0.1) is 0 Å². The highest BCUT2D eigenvalue weighted by Gasteiger charge is 2.55. The van der Waals surface area contributed by atoms with Crippen LogP contribution in [0.1, 0.15) is 49.3 Å². The third-order valence-corrected chi connectivity index (χ3v) is 9.40. The molecule has 0 spiro atoms. The molecular formula is C37H42BNO8. The third-order valence-electron chi connectivity index (χ3n) is 9.40. The van der Waals surface area contributed by atoms with Crippen LogP contribution in [0.2, 0.25) is 0 Å². The number of para-hydroxylation sites is 1. The fraction of sp³-hybridized carbons (Fsp3) is 0.351. The van der Waals surface area contributed by atoms with Crippen LogP contribution >= 0.6 is 0 Å². The van der Waals surface area contributed by atoms with Crippen molar-refractivity contribution in [2.75, 3.05) is 18.1 Å². The minimum atomic E-state index is -1.77. The number of fused-ring (bicyclic) bond motifs is 1. The van der Waals surface area contributed by atoms with Crippen LogP contribution in [0.15, 0.2) is 83.4 Å². The molecule has 0 aromatic heterocycles. The third kappa shape index (κ3) is 7.21. The van der Waals surface area contributed by atoms with Gasteiger partial charge in [-0.25, -0.2) is 0 Å². The number of phenolic OH excluding ortho intramolecular Hbond substituents is 1. The summed E-state index contributed by atoms with van der Waals surface area (Å²) < 4.78 is 6.09. The van der Waals surface area contributed by atoms with Gasteiger partial charge in [-0.1, -0.05) is 48.9 Å². The second kappa shape index (κ2) is 14.7. The van der Waals surface area contributed by atoms with E-state index in [1.165, 1.54) is 12.1 Å². The van der Waals surface area contributed by atoms with Crippen molar-refractivity contribution in [2.24, 2.45) is 17.8 Å². The molecule has 2 amide bonds. The molecule has 0 radical (unpaired) electrons. The summed E-state index contributed by atoms with van der Waals surface area (Å²) in [5.41, 5.74) is 5.18. The first-order chi connectivity index (χ1) is 22.5. The lowest BCUT2D eigenvalue weighted by Crippen LogP contribution is -2.40. The van der Waals surface area contributed by atoms with Crippen LogP contribution in [0.5, 0.6) is 11.5 Å². The van der Waals surface area contributed by atoms with Crippen molar-refractivity contribution in [1.29, 1.82) is 0 Å². The van der Waals surface area contributed by atoms with Gasteiger partial charge in [0.1, 0.15) is 18.1 Å². The van der Waals surface area contributed by atoms with Gasteiger partial charge < -0.3 is 30.1 Å². The van der Waals surface area contributed by atoms with E-state index >= 15 is 0 Å². The highest BCUT2D eigenvalue weighted by Crippen LogP contribution is 2.47. The van der Waals surface area contributed by atoms with Crippen molar-refractivity contribution in [3.05, 3.63) is 100 Å². The number of aliphatic hydroxyl groups is 2. The van der Waals surface area contributed by atoms with E-state index in [9.17, 15) is 35.0 Å². The number of phenols is 1. The van der Waals surface area contributed by atoms with Crippen molar-refractivity contribution < 1.29 is 39.7 Å². The lowest BCUT2D eigenvalue weighted by Gasteiger charge is -2.36. The molecule has 1 heterocycles. The molecule has 0 unspecified atom stereocenters. The number of hydrogen-bond acceptors (Lipinski definition) is 8. The van der Waals surface area contributed by atoms with Crippen molar-refractivity contribution >= 4 is 36.2 Å². The maximum Gasteiger partial charge on any atom is 0.488 e. The number of amides is 2. The first kappa shape index (κ1) is 34.1. The molecule has 0 saturated carbocycles.